The Morgan fingerprint density at radius 2 is 1.96 bits per heavy atom. The summed E-state index contributed by atoms with van der Waals surface area (Å²) in [5.41, 5.74) is 9.16. The zero-order chi connectivity index (χ0) is 20.3. The molecule has 2 fully saturated rings. The van der Waals surface area contributed by atoms with E-state index in [0.717, 1.165) is 38.9 Å². The number of aryl methyl sites for hydroxylation is 1. The molecule has 2 heterocycles. The van der Waals surface area contributed by atoms with E-state index < -0.39 is 6.09 Å². The minimum Gasteiger partial charge on any atom is -0.495 e. The third-order valence-corrected chi connectivity index (χ3v) is 6.10. The molecule has 1 atom stereocenters. The molecule has 3 rings (SSSR count). The fraction of sp³-hybridized carbons (Fsp3) is 0.650. The van der Waals surface area contributed by atoms with Crippen LogP contribution >= 0.6 is 0 Å². The number of aliphatic hydroxyl groups excluding tert-OH is 1. The number of ether oxygens (including phenoxy) is 1. The van der Waals surface area contributed by atoms with Crippen LogP contribution in [0.4, 0.5) is 16.2 Å². The number of anilines is 2. The Hall–Kier alpha value is -2.19. The molecular formula is C20H32N4O4. The van der Waals surface area contributed by atoms with Crippen LogP contribution in [0.25, 0.3) is 0 Å². The first-order valence-corrected chi connectivity index (χ1v) is 10.0. The van der Waals surface area contributed by atoms with Crippen LogP contribution in [0.1, 0.15) is 25.3 Å². The Morgan fingerprint density at radius 1 is 1.25 bits per heavy atom. The number of rotatable bonds is 5. The zero-order valence-corrected chi connectivity index (χ0v) is 16.8. The van der Waals surface area contributed by atoms with Gasteiger partial charge in [0.2, 0.25) is 0 Å². The summed E-state index contributed by atoms with van der Waals surface area (Å²) in [4.78, 5) is 17.4. The first-order valence-electron chi connectivity index (χ1n) is 10.0. The van der Waals surface area contributed by atoms with Crippen molar-refractivity contribution in [3.8, 4) is 5.75 Å². The van der Waals surface area contributed by atoms with Gasteiger partial charge in [-0.1, -0.05) is 6.92 Å². The topological polar surface area (TPSA) is 103 Å². The van der Waals surface area contributed by atoms with Gasteiger partial charge in [0.05, 0.1) is 25.4 Å². The summed E-state index contributed by atoms with van der Waals surface area (Å²) >= 11 is 0. The molecular weight excluding hydrogens is 360 g/mol. The monoisotopic (exact) mass is 392 g/mol. The van der Waals surface area contributed by atoms with Gasteiger partial charge in [-0.15, -0.1) is 0 Å². The van der Waals surface area contributed by atoms with Crippen molar-refractivity contribution in [1.82, 2.24) is 9.80 Å². The van der Waals surface area contributed by atoms with E-state index in [1.165, 1.54) is 16.2 Å². The number of piperazine rings is 1. The van der Waals surface area contributed by atoms with Gasteiger partial charge in [0.1, 0.15) is 5.75 Å². The SMILES string of the molecule is CCc1cc(N)c(OC)cc1N1CCC(N2CCN(C(=O)O)C(CO)C2)CC1. The van der Waals surface area contributed by atoms with Crippen molar-refractivity contribution in [2.75, 3.05) is 57.1 Å². The third kappa shape index (κ3) is 4.12. The number of amides is 1. The van der Waals surface area contributed by atoms with E-state index in [9.17, 15) is 15.0 Å². The maximum Gasteiger partial charge on any atom is 0.407 e. The van der Waals surface area contributed by atoms with Crippen LogP contribution in [-0.4, -0.2) is 84.6 Å². The molecule has 1 aromatic carbocycles. The van der Waals surface area contributed by atoms with Crippen LogP contribution in [0.3, 0.4) is 0 Å². The maximum atomic E-state index is 11.3. The van der Waals surface area contributed by atoms with Crippen LogP contribution in [0.2, 0.25) is 0 Å². The summed E-state index contributed by atoms with van der Waals surface area (Å²) in [6.45, 7) is 5.66. The molecule has 8 heteroatoms. The second-order valence-electron chi connectivity index (χ2n) is 7.60. The van der Waals surface area contributed by atoms with Gasteiger partial charge in [-0.2, -0.15) is 0 Å². The normalized spacial score (nSPS) is 21.8. The molecule has 28 heavy (non-hydrogen) atoms. The summed E-state index contributed by atoms with van der Waals surface area (Å²) in [6, 6.07) is 4.14. The molecule has 156 valence electrons. The lowest BCUT2D eigenvalue weighted by atomic mass is 9.98. The number of methoxy groups -OCH3 is 1. The average Bonchev–Trinajstić information content (AvgIpc) is 2.73. The molecule has 0 bridgehead atoms. The molecule has 0 spiro atoms. The molecule has 0 aliphatic carbocycles. The highest BCUT2D eigenvalue weighted by Crippen LogP contribution is 2.34. The smallest absolute Gasteiger partial charge is 0.407 e. The first-order chi connectivity index (χ1) is 13.5. The molecule has 2 aliphatic rings. The molecule has 1 aromatic rings. The number of benzene rings is 1. The highest BCUT2D eigenvalue weighted by atomic mass is 16.5. The number of nitrogens with zero attached hydrogens (tertiary/aromatic N) is 3. The largest absolute Gasteiger partial charge is 0.495 e. The van der Waals surface area contributed by atoms with Gasteiger partial charge >= 0.3 is 6.09 Å². The molecule has 4 N–H and O–H groups in total. The number of carboxylic acid groups (broad SMARTS) is 1. The number of nitrogen functional groups attached to an aromatic ring is 1. The molecule has 0 radical (unpaired) electrons. The summed E-state index contributed by atoms with van der Waals surface area (Å²) in [7, 11) is 1.64. The second-order valence-corrected chi connectivity index (χ2v) is 7.60. The molecule has 8 nitrogen and oxygen atoms in total. The number of nitrogens with two attached hydrogens (primary N) is 1. The van der Waals surface area contributed by atoms with Gasteiger partial charge < -0.3 is 30.5 Å². The third-order valence-electron chi connectivity index (χ3n) is 6.10. The van der Waals surface area contributed by atoms with Gasteiger partial charge in [0.15, 0.2) is 0 Å². The number of hydrogen-bond acceptors (Lipinski definition) is 6. The van der Waals surface area contributed by atoms with E-state index in [4.69, 9.17) is 10.5 Å². The summed E-state index contributed by atoms with van der Waals surface area (Å²) in [5, 5.41) is 18.9. The van der Waals surface area contributed by atoms with Gasteiger partial charge in [-0.25, -0.2) is 4.79 Å². The predicted octanol–water partition coefficient (Wildman–Crippen LogP) is 1.47. The molecule has 1 amide bonds. The van der Waals surface area contributed by atoms with E-state index in [-0.39, 0.29) is 12.6 Å². The van der Waals surface area contributed by atoms with Crippen molar-refractivity contribution in [3.05, 3.63) is 17.7 Å². The van der Waals surface area contributed by atoms with Gasteiger partial charge in [-0.3, -0.25) is 4.90 Å². The molecule has 2 aliphatic heterocycles. The zero-order valence-electron chi connectivity index (χ0n) is 16.8. The Bertz CT molecular complexity index is 691. The van der Waals surface area contributed by atoms with Crippen molar-refractivity contribution < 1.29 is 19.7 Å². The van der Waals surface area contributed by atoms with E-state index in [0.29, 0.717) is 30.6 Å². The van der Waals surface area contributed by atoms with Crippen molar-refractivity contribution in [3.63, 3.8) is 0 Å². The van der Waals surface area contributed by atoms with Gasteiger partial charge in [0, 0.05) is 50.5 Å². The van der Waals surface area contributed by atoms with E-state index in [1.807, 2.05) is 12.1 Å². The van der Waals surface area contributed by atoms with Crippen molar-refractivity contribution >= 4 is 17.5 Å². The number of carbonyl (C=O) groups is 1. The summed E-state index contributed by atoms with van der Waals surface area (Å²) < 4.78 is 5.41. The number of piperidine rings is 1. The Kier molecular flexibility index (Phi) is 6.51. The highest BCUT2D eigenvalue weighted by molar-refractivity contribution is 5.67. The lowest BCUT2D eigenvalue weighted by Gasteiger charge is -2.45. The second kappa shape index (κ2) is 8.87. The number of hydrogen-bond donors (Lipinski definition) is 3. The lowest BCUT2D eigenvalue weighted by molar-refractivity contribution is 0.0202. The van der Waals surface area contributed by atoms with Crippen molar-refractivity contribution in [2.24, 2.45) is 0 Å². The Labute approximate surface area is 166 Å². The highest BCUT2D eigenvalue weighted by Gasteiger charge is 2.34. The van der Waals surface area contributed by atoms with Crippen LogP contribution in [0.5, 0.6) is 5.75 Å². The lowest BCUT2D eigenvalue weighted by Crippen LogP contribution is -2.59. The molecule has 0 saturated carbocycles. The van der Waals surface area contributed by atoms with Gasteiger partial charge in [-0.05, 0) is 30.9 Å². The summed E-state index contributed by atoms with van der Waals surface area (Å²) in [6.07, 6.45) is 2.00. The first kappa shape index (κ1) is 20.5. The van der Waals surface area contributed by atoms with Crippen LogP contribution in [0, 0.1) is 0 Å². The number of aliphatic hydroxyl groups is 1. The standard InChI is InChI=1S/C20H32N4O4/c1-3-14-10-17(21)19(28-2)11-18(14)22-6-4-15(5-7-22)23-8-9-24(20(26)27)16(12-23)13-25/h10-11,15-16,25H,3-9,12-13,21H2,1-2H3,(H,26,27). The fourth-order valence-electron chi connectivity index (χ4n) is 4.48. The molecule has 0 aromatic heterocycles. The molecule has 2 saturated heterocycles. The van der Waals surface area contributed by atoms with Crippen molar-refractivity contribution in [1.29, 1.82) is 0 Å². The van der Waals surface area contributed by atoms with Crippen LogP contribution in [0.15, 0.2) is 12.1 Å². The maximum absolute atomic E-state index is 11.3. The fourth-order valence-corrected chi connectivity index (χ4v) is 4.48. The average molecular weight is 393 g/mol. The van der Waals surface area contributed by atoms with E-state index >= 15 is 0 Å². The summed E-state index contributed by atoms with van der Waals surface area (Å²) in [5.74, 6) is 0.713. The van der Waals surface area contributed by atoms with Gasteiger partial charge in [0.25, 0.3) is 0 Å². The minimum absolute atomic E-state index is 0.132. The predicted molar refractivity (Wildman–Crippen MR) is 109 cm³/mol. The molecule has 1 unspecified atom stereocenters. The van der Waals surface area contributed by atoms with E-state index in [1.54, 1.807) is 7.11 Å². The minimum atomic E-state index is -0.946. The quantitative estimate of drug-likeness (QED) is 0.652. The van der Waals surface area contributed by atoms with Crippen molar-refractivity contribution in [2.45, 2.75) is 38.3 Å². The Morgan fingerprint density at radius 3 is 2.54 bits per heavy atom. The van der Waals surface area contributed by atoms with E-state index in [2.05, 4.69) is 16.7 Å². The Balaban J connectivity index is 1.64. The van der Waals surface area contributed by atoms with Crippen LogP contribution in [-0.2, 0) is 6.42 Å². The van der Waals surface area contributed by atoms with Crippen LogP contribution < -0.4 is 15.4 Å².